The fourth-order valence-corrected chi connectivity index (χ4v) is 2.76. The predicted molar refractivity (Wildman–Crippen MR) is 83.4 cm³/mol. The quantitative estimate of drug-likeness (QED) is 0.480. The van der Waals surface area contributed by atoms with Crippen molar-refractivity contribution >= 4 is 17.3 Å². The topological polar surface area (TPSA) is 75.9 Å². The van der Waals surface area contributed by atoms with E-state index in [1.165, 1.54) is 6.07 Å². The highest BCUT2D eigenvalue weighted by atomic mass is 16.6. The van der Waals surface area contributed by atoms with Crippen molar-refractivity contribution < 1.29 is 14.5 Å². The molecule has 0 spiro atoms. The molecule has 0 radical (unpaired) electrons. The highest BCUT2D eigenvalue weighted by Gasteiger charge is 2.26. The van der Waals surface area contributed by atoms with Gasteiger partial charge < -0.3 is 14.5 Å². The molecule has 1 fully saturated rings. The van der Waals surface area contributed by atoms with Gasteiger partial charge in [-0.25, -0.2) is 4.79 Å². The van der Waals surface area contributed by atoms with E-state index in [1.807, 2.05) is 0 Å². The number of ether oxygens (including phenoxy) is 1. The predicted octanol–water partition coefficient (Wildman–Crippen LogP) is 1.91. The van der Waals surface area contributed by atoms with E-state index in [4.69, 9.17) is 4.74 Å². The van der Waals surface area contributed by atoms with E-state index < -0.39 is 10.9 Å². The lowest BCUT2D eigenvalue weighted by molar-refractivity contribution is -0.385. The maximum Gasteiger partial charge on any atom is 0.345 e. The summed E-state index contributed by atoms with van der Waals surface area (Å²) in [5, 5.41) is 11.1. The second-order valence-electron chi connectivity index (χ2n) is 5.48. The van der Waals surface area contributed by atoms with Crippen LogP contribution in [0.1, 0.15) is 24.2 Å². The molecule has 1 saturated heterocycles. The molecule has 7 heteroatoms. The lowest BCUT2D eigenvalue weighted by Gasteiger charge is -2.39. The smallest absolute Gasteiger partial charge is 0.345 e. The Bertz CT molecular complexity index is 576. The number of esters is 1. The Morgan fingerprint density at radius 2 is 2.18 bits per heavy atom. The molecule has 1 aliphatic rings. The molecule has 0 amide bonds. The van der Waals surface area contributed by atoms with E-state index in [0.29, 0.717) is 0 Å². The zero-order chi connectivity index (χ0) is 16.3. The third kappa shape index (κ3) is 3.36. The van der Waals surface area contributed by atoms with Gasteiger partial charge in [0.15, 0.2) is 0 Å². The minimum absolute atomic E-state index is 0.00970. The van der Waals surface area contributed by atoms with E-state index in [2.05, 4.69) is 23.8 Å². The van der Waals surface area contributed by atoms with Gasteiger partial charge in [-0.3, -0.25) is 10.1 Å². The van der Waals surface area contributed by atoms with Gasteiger partial charge in [0, 0.05) is 37.4 Å². The average molecular weight is 307 g/mol. The number of nitro groups is 1. The molecule has 0 bridgehead atoms. The molecule has 0 aliphatic carbocycles. The summed E-state index contributed by atoms with van der Waals surface area (Å²) in [4.78, 5) is 26.9. The van der Waals surface area contributed by atoms with Crippen molar-refractivity contribution in [3.8, 4) is 0 Å². The van der Waals surface area contributed by atoms with E-state index >= 15 is 0 Å². The van der Waals surface area contributed by atoms with Crippen LogP contribution in [0.15, 0.2) is 18.2 Å². The van der Waals surface area contributed by atoms with Gasteiger partial charge in [0.25, 0.3) is 5.69 Å². The first-order chi connectivity index (χ1) is 10.4. The van der Waals surface area contributed by atoms with E-state index in [1.54, 1.807) is 19.1 Å². The van der Waals surface area contributed by atoms with E-state index in [0.717, 1.165) is 25.3 Å². The SMILES string of the molecule is CCOC(=O)c1cc(N2CCN(C)CC2C)ccc1[N+](=O)[O-]. The highest BCUT2D eigenvalue weighted by Crippen LogP contribution is 2.28. The molecule has 0 aromatic heterocycles. The maximum atomic E-state index is 12.0. The zero-order valence-electron chi connectivity index (χ0n) is 13.1. The molecule has 2 rings (SSSR count). The fourth-order valence-electron chi connectivity index (χ4n) is 2.76. The molecule has 1 aliphatic heterocycles. The van der Waals surface area contributed by atoms with Crippen molar-refractivity contribution in [1.82, 2.24) is 4.90 Å². The summed E-state index contributed by atoms with van der Waals surface area (Å²) in [6, 6.07) is 4.92. The Morgan fingerprint density at radius 1 is 1.45 bits per heavy atom. The molecule has 22 heavy (non-hydrogen) atoms. The van der Waals surface area contributed by atoms with Crippen molar-refractivity contribution in [2.45, 2.75) is 19.9 Å². The van der Waals surface area contributed by atoms with E-state index in [-0.39, 0.29) is 23.9 Å². The van der Waals surface area contributed by atoms with Crippen LogP contribution < -0.4 is 4.90 Å². The molecule has 1 unspecified atom stereocenters. The Kier molecular flexibility index (Phi) is 4.97. The van der Waals surface area contributed by atoms with Crippen molar-refractivity contribution in [2.24, 2.45) is 0 Å². The van der Waals surface area contributed by atoms with Crippen molar-refractivity contribution in [1.29, 1.82) is 0 Å². The molecular weight excluding hydrogens is 286 g/mol. The number of carbonyl (C=O) groups excluding carboxylic acids is 1. The molecule has 120 valence electrons. The maximum absolute atomic E-state index is 12.0. The normalized spacial score (nSPS) is 19.0. The van der Waals surface area contributed by atoms with E-state index in [9.17, 15) is 14.9 Å². The summed E-state index contributed by atoms with van der Waals surface area (Å²) in [7, 11) is 2.06. The van der Waals surface area contributed by atoms with Crippen LogP contribution in [0.3, 0.4) is 0 Å². The standard InChI is InChI=1S/C15H21N3O4/c1-4-22-15(19)13-9-12(5-6-14(13)18(20)21)17-8-7-16(3)10-11(17)2/h5-6,9,11H,4,7-8,10H2,1-3H3. The number of hydrogen-bond donors (Lipinski definition) is 0. The largest absolute Gasteiger partial charge is 0.462 e. The number of nitro benzene ring substituents is 1. The first kappa shape index (κ1) is 16.2. The average Bonchev–Trinajstić information content (AvgIpc) is 2.46. The summed E-state index contributed by atoms with van der Waals surface area (Å²) in [5.74, 6) is -0.655. The van der Waals surface area contributed by atoms with Gasteiger partial charge in [-0.2, -0.15) is 0 Å². The summed E-state index contributed by atoms with van der Waals surface area (Å²) in [6.45, 7) is 6.60. The van der Waals surface area contributed by atoms with Crippen molar-refractivity contribution in [3.05, 3.63) is 33.9 Å². The van der Waals surface area contributed by atoms with Gasteiger partial charge in [-0.15, -0.1) is 0 Å². The van der Waals surface area contributed by atoms with Crippen LogP contribution in [-0.4, -0.2) is 55.1 Å². The van der Waals surface area contributed by atoms with Gasteiger partial charge in [-0.1, -0.05) is 0 Å². The number of hydrogen-bond acceptors (Lipinski definition) is 6. The Labute approximate surface area is 129 Å². The lowest BCUT2D eigenvalue weighted by Crippen LogP contribution is -2.50. The zero-order valence-corrected chi connectivity index (χ0v) is 13.1. The molecular formula is C15H21N3O4. The Hall–Kier alpha value is -2.15. The number of piperazine rings is 1. The first-order valence-electron chi connectivity index (χ1n) is 7.34. The van der Waals surface area contributed by atoms with Gasteiger partial charge in [0.05, 0.1) is 11.5 Å². The Morgan fingerprint density at radius 3 is 2.77 bits per heavy atom. The second kappa shape index (κ2) is 6.74. The molecule has 7 nitrogen and oxygen atoms in total. The molecule has 0 saturated carbocycles. The number of rotatable bonds is 4. The van der Waals surface area contributed by atoms with Crippen LogP contribution in [0.2, 0.25) is 0 Å². The molecule has 1 atom stereocenters. The van der Waals surface area contributed by atoms with Gasteiger partial charge in [0.2, 0.25) is 0 Å². The monoisotopic (exact) mass is 307 g/mol. The van der Waals surface area contributed by atoms with Crippen LogP contribution in [0.4, 0.5) is 11.4 Å². The van der Waals surface area contributed by atoms with Gasteiger partial charge in [0.1, 0.15) is 5.56 Å². The van der Waals surface area contributed by atoms with Gasteiger partial charge in [-0.05, 0) is 33.0 Å². The van der Waals surface area contributed by atoms with Crippen LogP contribution in [-0.2, 0) is 4.74 Å². The van der Waals surface area contributed by atoms with Crippen LogP contribution in [0, 0.1) is 10.1 Å². The summed E-state index contributed by atoms with van der Waals surface area (Å²) in [6.07, 6.45) is 0. The molecule has 1 heterocycles. The van der Waals surface area contributed by atoms with Crippen LogP contribution in [0.5, 0.6) is 0 Å². The summed E-state index contributed by atoms with van der Waals surface area (Å²) >= 11 is 0. The molecule has 1 aromatic carbocycles. The summed E-state index contributed by atoms with van der Waals surface area (Å²) in [5.41, 5.74) is 0.605. The van der Waals surface area contributed by atoms with Crippen molar-refractivity contribution in [3.63, 3.8) is 0 Å². The number of carbonyl (C=O) groups is 1. The van der Waals surface area contributed by atoms with Crippen LogP contribution in [0.25, 0.3) is 0 Å². The first-order valence-corrected chi connectivity index (χ1v) is 7.34. The number of likely N-dealkylation sites (N-methyl/N-ethyl adjacent to an activating group) is 1. The minimum atomic E-state index is -0.655. The van der Waals surface area contributed by atoms with Gasteiger partial charge >= 0.3 is 5.97 Å². The third-order valence-corrected chi connectivity index (χ3v) is 3.83. The van der Waals surface area contributed by atoms with Crippen LogP contribution >= 0.6 is 0 Å². The second-order valence-corrected chi connectivity index (χ2v) is 5.48. The Balaban J connectivity index is 2.36. The lowest BCUT2D eigenvalue weighted by atomic mass is 10.1. The van der Waals surface area contributed by atoms with Crippen molar-refractivity contribution in [2.75, 3.05) is 38.2 Å². The number of benzene rings is 1. The molecule has 1 aromatic rings. The fraction of sp³-hybridized carbons (Fsp3) is 0.533. The third-order valence-electron chi connectivity index (χ3n) is 3.83. The summed E-state index contributed by atoms with van der Waals surface area (Å²) < 4.78 is 4.93. The number of anilines is 1. The number of nitrogens with zero attached hydrogens (tertiary/aromatic N) is 3. The highest BCUT2D eigenvalue weighted by molar-refractivity contribution is 5.95. The minimum Gasteiger partial charge on any atom is -0.462 e. The molecule has 0 N–H and O–H groups in total.